The molecule has 1 aliphatic rings. The van der Waals surface area contributed by atoms with Crippen molar-refractivity contribution in [3.05, 3.63) is 0 Å². The minimum Gasteiger partial charge on any atom is -0.444 e. The smallest absolute Gasteiger partial charge is 0.407 e. The van der Waals surface area contributed by atoms with Gasteiger partial charge in [0.1, 0.15) is 5.60 Å². The molecule has 0 atom stereocenters. The second-order valence-electron chi connectivity index (χ2n) is 5.71. The molecule has 0 aromatic carbocycles. The number of carbonyl (C=O) groups excluding carboxylic acids is 2. The largest absolute Gasteiger partial charge is 0.444 e. The SMILES string of the molecule is CC(C)(C)OC(=O)NC1CCC(C[C]=O)CC1. The Labute approximate surface area is 103 Å². The predicted molar refractivity (Wildman–Crippen MR) is 65.4 cm³/mol. The summed E-state index contributed by atoms with van der Waals surface area (Å²) in [6.45, 7) is 5.55. The molecule has 0 aromatic rings. The summed E-state index contributed by atoms with van der Waals surface area (Å²) in [4.78, 5) is 21.8. The van der Waals surface area contributed by atoms with Crippen LogP contribution in [0.5, 0.6) is 0 Å². The third-order valence-corrected chi connectivity index (χ3v) is 2.94. The number of nitrogens with one attached hydrogen (secondary N) is 1. The summed E-state index contributed by atoms with van der Waals surface area (Å²) in [5.74, 6) is 0.448. The number of hydrogen-bond donors (Lipinski definition) is 1. The van der Waals surface area contributed by atoms with E-state index in [0.717, 1.165) is 25.7 Å². The summed E-state index contributed by atoms with van der Waals surface area (Å²) >= 11 is 0. The molecule has 1 amide bonds. The standard InChI is InChI=1S/C13H22NO3/c1-13(2,3)17-12(16)14-11-6-4-10(5-7-11)8-9-15/h10-11H,4-8H2,1-3H3,(H,14,16). The molecular weight excluding hydrogens is 218 g/mol. The number of carbonyl (C=O) groups is 1. The Morgan fingerprint density at radius 1 is 1.29 bits per heavy atom. The first-order chi connectivity index (χ1) is 7.90. The van der Waals surface area contributed by atoms with Crippen molar-refractivity contribution in [1.29, 1.82) is 0 Å². The van der Waals surface area contributed by atoms with Crippen LogP contribution in [0.15, 0.2) is 0 Å². The number of alkyl carbamates (subject to hydrolysis) is 1. The van der Waals surface area contributed by atoms with E-state index in [-0.39, 0.29) is 12.1 Å². The van der Waals surface area contributed by atoms with Crippen LogP contribution < -0.4 is 5.32 Å². The summed E-state index contributed by atoms with van der Waals surface area (Å²) in [6.07, 6.45) is 5.95. The van der Waals surface area contributed by atoms with Crippen molar-refractivity contribution in [2.24, 2.45) is 5.92 Å². The quantitative estimate of drug-likeness (QED) is 0.824. The van der Waals surface area contributed by atoms with Gasteiger partial charge in [-0.3, -0.25) is 4.79 Å². The van der Waals surface area contributed by atoms with Gasteiger partial charge in [0.15, 0.2) is 6.29 Å². The average molecular weight is 240 g/mol. The first-order valence-electron chi connectivity index (χ1n) is 6.25. The predicted octanol–water partition coefficient (Wildman–Crippen LogP) is 2.57. The Morgan fingerprint density at radius 3 is 2.35 bits per heavy atom. The summed E-state index contributed by atoms with van der Waals surface area (Å²) < 4.78 is 5.20. The lowest BCUT2D eigenvalue weighted by atomic mass is 9.84. The van der Waals surface area contributed by atoms with Crippen molar-refractivity contribution >= 4 is 12.4 Å². The highest BCUT2D eigenvalue weighted by atomic mass is 16.6. The lowest BCUT2D eigenvalue weighted by Gasteiger charge is -2.29. The molecule has 0 aliphatic heterocycles. The van der Waals surface area contributed by atoms with E-state index < -0.39 is 5.60 Å². The van der Waals surface area contributed by atoms with Crippen LogP contribution >= 0.6 is 0 Å². The Hall–Kier alpha value is -1.06. The molecule has 0 aromatic heterocycles. The zero-order valence-corrected chi connectivity index (χ0v) is 10.9. The van der Waals surface area contributed by atoms with Gasteiger partial charge in [-0.15, -0.1) is 0 Å². The molecule has 97 valence electrons. The molecule has 4 heteroatoms. The second-order valence-corrected chi connectivity index (χ2v) is 5.71. The van der Waals surface area contributed by atoms with Gasteiger partial charge in [-0.05, 0) is 52.4 Å². The summed E-state index contributed by atoms with van der Waals surface area (Å²) in [7, 11) is 0. The van der Waals surface area contributed by atoms with Crippen molar-refractivity contribution in [2.75, 3.05) is 0 Å². The molecule has 1 fully saturated rings. The molecule has 1 saturated carbocycles. The van der Waals surface area contributed by atoms with Crippen LogP contribution in [0.25, 0.3) is 0 Å². The Morgan fingerprint density at radius 2 is 1.88 bits per heavy atom. The first kappa shape index (κ1) is 14.0. The maximum atomic E-state index is 11.5. The monoisotopic (exact) mass is 240 g/mol. The molecule has 1 aliphatic carbocycles. The third kappa shape index (κ3) is 5.71. The van der Waals surface area contributed by atoms with E-state index in [1.807, 2.05) is 27.1 Å². The van der Waals surface area contributed by atoms with Gasteiger partial charge in [-0.1, -0.05) is 0 Å². The first-order valence-corrected chi connectivity index (χ1v) is 6.25. The van der Waals surface area contributed by atoms with Crippen LogP contribution in [0, 0.1) is 5.92 Å². The van der Waals surface area contributed by atoms with Gasteiger partial charge in [0.2, 0.25) is 0 Å². The molecule has 1 radical (unpaired) electrons. The van der Waals surface area contributed by atoms with Crippen LogP contribution in [0.2, 0.25) is 0 Å². The fourth-order valence-electron chi connectivity index (χ4n) is 2.10. The number of rotatable bonds is 3. The van der Waals surface area contributed by atoms with Crippen LogP contribution in [0.1, 0.15) is 52.9 Å². The highest BCUT2D eigenvalue weighted by Crippen LogP contribution is 2.26. The van der Waals surface area contributed by atoms with E-state index in [0.29, 0.717) is 12.3 Å². The average Bonchev–Trinajstić information content (AvgIpc) is 2.18. The van der Waals surface area contributed by atoms with Gasteiger partial charge >= 0.3 is 6.09 Å². The second kappa shape index (κ2) is 6.03. The Balaban J connectivity index is 2.26. The zero-order chi connectivity index (χ0) is 12.9. The van der Waals surface area contributed by atoms with Crippen LogP contribution in [-0.2, 0) is 9.53 Å². The van der Waals surface area contributed by atoms with Crippen molar-refractivity contribution < 1.29 is 14.3 Å². The third-order valence-electron chi connectivity index (χ3n) is 2.94. The van der Waals surface area contributed by atoms with E-state index >= 15 is 0 Å². The Kier molecular flexibility index (Phi) is 4.97. The van der Waals surface area contributed by atoms with E-state index in [2.05, 4.69) is 5.32 Å². The Bertz CT molecular complexity index is 262. The van der Waals surface area contributed by atoms with Gasteiger partial charge < -0.3 is 10.1 Å². The molecule has 0 unspecified atom stereocenters. The van der Waals surface area contributed by atoms with E-state index in [1.54, 1.807) is 0 Å². The van der Waals surface area contributed by atoms with Gasteiger partial charge in [0.25, 0.3) is 0 Å². The normalized spacial score (nSPS) is 25.1. The fraction of sp³-hybridized carbons (Fsp3) is 0.846. The minimum atomic E-state index is -0.451. The highest BCUT2D eigenvalue weighted by molar-refractivity contribution is 5.68. The van der Waals surface area contributed by atoms with E-state index in [4.69, 9.17) is 4.74 Å². The summed E-state index contributed by atoms with van der Waals surface area (Å²) in [5, 5.41) is 2.88. The van der Waals surface area contributed by atoms with Crippen molar-refractivity contribution in [1.82, 2.24) is 5.32 Å². The molecule has 17 heavy (non-hydrogen) atoms. The maximum Gasteiger partial charge on any atom is 0.407 e. The van der Waals surface area contributed by atoms with Gasteiger partial charge in [0, 0.05) is 12.5 Å². The lowest BCUT2D eigenvalue weighted by molar-refractivity contribution is 0.0487. The van der Waals surface area contributed by atoms with Crippen molar-refractivity contribution in [3.8, 4) is 0 Å². The lowest BCUT2D eigenvalue weighted by Crippen LogP contribution is -2.40. The molecule has 0 saturated heterocycles. The minimum absolute atomic E-state index is 0.188. The topological polar surface area (TPSA) is 55.4 Å². The molecule has 1 N–H and O–H groups in total. The van der Waals surface area contributed by atoms with E-state index in [9.17, 15) is 9.59 Å². The van der Waals surface area contributed by atoms with Gasteiger partial charge in [-0.2, -0.15) is 0 Å². The van der Waals surface area contributed by atoms with Crippen LogP contribution in [-0.4, -0.2) is 24.0 Å². The zero-order valence-electron chi connectivity index (χ0n) is 10.9. The van der Waals surface area contributed by atoms with Gasteiger partial charge in [-0.25, -0.2) is 4.79 Å². The molecule has 4 nitrogen and oxygen atoms in total. The fourth-order valence-corrected chi connectivity index (χ4v) is 2.10. The van der Waals surface area contributed by atoms with Crippen molar-refractivity contribution in [3.63, 3.8) is 0 Å². The van der Waals surface area contributed by atoms with Crippen molar-refractivity contribution in [2.45, 2.75) is 64.5 Å². The number of amides is 1. The van der Waals surface area contributed by atoms with E-state index in [1.165, 1.54) is 0 Å². The summed E-state index contributed by atoms with van der Waals surface area (Å²) in [5.41, 5.74) is -0.451. The van der Waals surface area contributed by atoms with Crippen LogP contribution in [0.3, 0.4) is 0 Å². The molecule has 1 rings (SSSR count). The summed E-state index contributed by atoms with van der Waals surface area (Å²) in [6, 6.07) is 0.188. The molecule has 0 bridgehead atoms. The highest BCUT2D eigenvalue weighted by Gasteiger charge is 2.24. The maximum absolute atomic E-state index is 11.5. The van der Waals surface area contributed by atoms with Gasteiger partial charge in [0.05, 0.1) is 0 Å². The number of hydrogen-bond acceptors (Lipinski definition) is 3. The molecular formula is C13H22NO3. The number of ether oxygens (including phenoxy) is 1. The van der Waals surface area contributed by atoms with Crippen LogP contribution in [0.4, 0.5) is 4.79 Å². The molecule has 0 heterocycles. The molecule has 0 spiro atoms.